The van der Waals surface area contributed by atoms with Crippen LogP contribution in [0.2, 0.25) is 0 Å². The minimum atomic E-state index is -1.42. The average Bonchev–Trinajstić information content (AvgIpc) is 2.78. The molecule has 0 aromatic rings. The average molecular weight is 464 g/mol. The number of hydrogen-bond acceptors (Lipinski definition) is 10. The molecule has 0 aromatic carbocycles. The van der Waals surface area contributed by atoms with Crippen LogP contribution in [0.5, 0.6) is 0 Å². The van der Waals surface area contributed by atoms with Crippen LogP contribution in [0.3, 0.4) is 0 Å². The number of esters is 2. The molecule has 0 aliphatic carbocycles. The number of carbonyl (C=O) groups is 2. The van der Waals surface area contributed by atoms with Crippen LogP contribution in [0.25, 0.3) is 0 Å². The van der Waals surface area contributed by atoms with Crippen LogP contribution in [-0.4, -0.2) is 77.4 Å². The molecular weight excluding hydrogens is 422 g/mol. The first-order valence-corrected chi connectivity index (χ1v) is 11.7. The van der Waals surface area contributed by atoms with Gasteiger partial charge in [-0.1, -0.05) is 52.4 Å². The molecule has 1 rings (SSSR count). The van der Waals surface area contributed by atoms with E-state index in [1.807, 2.05) is 0 Å². The van der Waals surface area contributed by atoms with E-state index in [0.717, 1.165) is 38.5 Å². The zero-order valence-electron chi connectivity index (χ0n) is 19.3. The normalized spacial score (nSPS) is 26.5. The highest BCUT2D eigenvalue weighted by Crippen LogP contribution is 2.22. The molecule has 0 spiro atoms. The highest BCUT2D eigenvalue weighted by Gasteiger charge is 2.44. The fourth-order valence-corrected chi connectivity index (χ4v) is 3.31. The second-order valence-electron chi connectivity index (χ2n) is 8.14. The second kappa shape index (κ2) is 16.3. The summed E-state index contributed by atoms with van der Waals surface area (Å²) in [7, 11) is 0. The molecule has 0 aromatic heterocycles. The zero-order chi connectivity index (χ0) is 23.9. The van der Waals surface area contributed by atoms with Gasteiger partial charge in [0.1, 0.15) is 18.3 Å². The van der Waals surface area contributed by atoms with Crippen molar-refractivity contribution in [1.29, 1.82) is 0 Å². The van der Waals surface area contributed by atoms with E-state index in [2.05, 4.69) is 13.8 Å². The van der Waals surface area contributed by atoms with Crippen molar-refractivity contribution in [2.24, 2.45) is 5.73 Å². The summed E-state index contributed by atoms with van der Waals surface area (Å²) in [4.78, 5) is 24.2. The van der Waals surface area contributed by atoms with Gasteiger partial charge >= 0.3 is 11.9 Å². The van der Waals surface area contributed by atoms with Gasteiger partial charge in [-0.15, -0.1) is 0 Å². The maximum Gasteiger partial charge on any atom is 0.308 e. The number of aliphatic hydroxyl groups excluding tert-OH is 3. The lowest BCUT2D eigenvalue weighted by molar-refractivity contribution is -0.309. The van der Waals surface area contributed by atoms with Crippen molar-refractivity contribution < 1.29 is 43.9 Å². The van der Waals surface area contributed by atoms with Crippen molar-refractivity contribution in [3.63, 3.8) is 0 Å². The van der Waals surface area contributed by atoms with Gasteiger partial charge in [-0.25, -0.2) is 0 Å². The first-order chi connectivity index (χ1) is 15.3. The Morgan fingerprint density at radius 3 is 2.09 bits per heavy atom. The topological polar surface area (TPSA) is 158 Å². The predicted octanol–water partition coefficient (Wildman–Crippen LogP) is 1.12. The first-order valence-electron chi connectivity index (χ1n) is 11.7. The quantitative estimate of drug-likeness (QED) is 0.148. The minimum absolute atomic E-state index is 0.184. The lowest BCUT2D eigenvalue weighted by Crippen LogP contribution is -2.63. The molecule has 0 radical (unpaired) electrons. The monoisotopic (exact) mass is 463 g/mol. The summed E-state index contributed by atoms with van der Waals surface area (Å²) in [6, 6.07) is -1.16. The fourth-order valence-electron chi connectivity index (χ4n) is 3.31. The van der Waals surface area contributed by atoms with Gasteiger partial charge in [0.15, 0.2) is 12.9 Å². The molecule has 1 aliphatic rings. The molecule has 1 heterocycles. The van der Waals surface area contributed by atoms with E-state index in [0.29, 0.717) is 12.8 Å². The molecule has 0 bridgehead atoms. The standard InChI is InChI=1S/C22H41NO9/c1-3-5-7-9-11-16(25)29-14-18(31-17(26)12-10-8-6-4-2)32-22-19(23)21(28)20(27)15(13-24)30-22/h15,18-22,24,27-28H,3-14,23H2,1-2H3/t15?,18?,19?,20-,21?,22+/m1/s1. The van der Waals surface area contributed by atoms with Crippen molar-refractivity contribution in [1.82, 2.24) is 0 Å². The number of aliphatic hydroxyl groups is 3. The molecule has 10 nitrogen and oxygen atoms in total. The van der Waals surface area contributed by atoms with Gasteiger partial charge < -0.3 is 40.0 Å². The van der Waals surface area contributed by atoms with Crippen LogP contribution in [0.1, 0.15) is 78.1 Å². The number of nitrogens with two attached hydrogens (primary N) is 1. The third-order valence-electron chi connectivity index (χ3n) is 5.33. The Hall–Kier alpha value is -1.30. The van der Waals surface area contributed by atoms with Gasteiger partial charge in [-0.3, -0.25) is 9.59 Å². The molecule has 1 fully saturated rings. The molecule has 10 heteroatoms. The summed E-state index contributed by atoms with van der Waals surface area (Å²) in [5, 5.41) is 29.4. The van der Waals surface area contributed by atoms with E-state index in [4.69, 9.17) is 24.7 Å². The summed E-state index contributed by atoms with van der Waals surface area (Å²) in [5.74, 6) is -0.958. The van der Waals surface area contributed by atoms with Gasteiger partial charge in [-0.2, -0.15) is 0 Å². The van der Waals surface area contributed by atoms with Crippen LogP contribution in [0.15, 0.2) is 0 Å². The lowest BCUT2D eigenvalue weighted by Gasteiger charge is -2.41. The number of carbonyl (C=O) groups excluding carboxylic acids is 2. The van der Waals surface area contributed by atoms with E-state index >= 15 is 0 Å². The minimum Gasteiger partial charge on any atom is -0.459 e. The molecule has 32 heavy (non-hydrogen) atoms. The fraction of sp³-hybridized carbons (Fsp3) is 0.909. The molecule has 4 unspecified atom stereocenters. The Labute approximate surface area is 190 Å². The van der Waals surface area contributed by atoms with Crippen LogP contribution in [-0.2, 0) is 28.5 Å². The highest BCUT2D eigenvalue weighted by atomic mass is 16.8. The summed E-state index contributed by atoms with van der Waals surface area (Å²) >= 11 is 0. The molecule has 1 aliphatic heterocycles. The predicted molar refractivity (Wildman–Crippen MR) is 115 cm³/mol. The van der Waals surface area contributed by atoms with Crippen molar-refractivity contribution in [3.05, 3.63) is 0 Å². The Balaban J connectivity index is 2.67. The zero-order valence-corrected chi connectivity index (χ0v) is 19.3. The third-order valence-corrected chi connectivity index (χ3v) is 5.33. The molecule has 0 saturated carbocycles. The van der Waals surface area contributed by atoms with Gasteiger partial charge in [0.2, 0.25) is 6.29 Å². The molecular formula is C22H41NO9. The third kappa shape index (κ3) is 10.5. The molecule has 1 saturated heterocycles. The van der Waals surface area contributed by atoms with Gasteiger partial charge in [-0.05, 0) is 12.8 Å². The van der Waals surface area contributed by atoms with E-state index in [1.165, 1.54) is 0 Å². The Morgan fingerprint density at radius 1 is 0.938 bits per heavy atom. The summed E-state index contributed by atoms with van der Waals surface area (Å²) in [6.45, 7) is 3.21. The smallest absolute Gasteiger partial charge is 0.308 e. The van der Waals surface area contributed by atoms with Crippen molar-refractivity contribution in [2.45, 2.75) is 115 Å². The lowest BCUT2D eigenvalue weighted by atomic mass is 9.98. The van der Waals surface area contributed by atoms with Gasteiger partial charge in [0, 0.05) is 12.8 Å². The van der Waals surface area contributed by atoms with E-state index in [-0.39, 0.29) is 19.4 Å². The van der Waals surface area contributed by atoms with E-state index in [1.54, 1.807) is 0 Å². The number of ether oxygens (including phenoxy) is 4. The van der Waals surface area contributed by atoms with Crippen molar-refractivity contribution >= 4 is 11.9 Å². The molecule has 188 valence electrons. The maximum atomic E-state index is 12.2. The maximum absolute atomic E-state index is 12.2. The second-order valence-corrected chi connectivity index (χ2v) is 8.14. The Bertz CT molecular complexity index is 532. The summed E-state index contributed by atoms with van der Waals surface area (Å²) < 4.78 is 21.5. The summed E-state index contributed by atoms with van der Waals surface area (Å²) in [6.07, 6.45) is 1.21. The van der Waals surface area contributed by atoms with Gasteiger partial charge in [0.25, 0.3) is 0 Å². The largest absolute Gasteiger partial charge is 0.459 e. The number of unbranched alkanes of at least 4 members (excludes halogenated alkanes) is 6. The molecule has 6 atom stereocenters. The highest BCUT2D eigenvalue weighted by molar-refractivity contribution is 5.70. The summed E-state index contributed by atoms with van der Waals surface area (Å²) in [5.41, 5.74) is 5.88. The molecule has 0 amide bonds. The van der Waals surface area contributed by atoms with Crippen LogP contribution in [0.4, 0.5) is 0 Å². The van der Waals surface area contributed by atoms with Crippen LogP contribution < -0.4 is 5.73 Å². The Kier molecular flexibility index (Phi) is 14.7. The van der Waals surface area contributed by atoms with Crippen molar-refractivity contribution in [2.75, 3.05) is 13.2 Å². The van der Waals surface area contributed by atoms with Crippen molar-refractivity contribution in [3.8, 4) is 0 Å². The van der Waals surface area contributed by atoms with E-state index < -0.39 is 55.5 Å². The molecule has 5 N–H and O–H groups in total. The van der Waals surface area contributed by atoms with Crippen LogP contribution >= 0.6 is 0 Å². The van der Waals surface area contributed by atoms with E-state index in [9.17, 15) is 24.9 Å². The Morgan fingerprint density at radius 2 is 1.53 bits per heavy atom. The number of rotatable bonds is 16. The SMILES string of the molecule is CCCCCCC(=O)OCC(OC(=O)CCCCCC)O[C@@H]1OC(CO)[C@@H](O)C(O)C1N. The van der Waals surface area contributed by atoms with Crippen LogP contribution in [0, 0.1) is 0 Å². The van der Waals surface area contributed by atoms with Gasteiger partial charge in [0.05, 0.1) is 12.6 Å². The first kappa shape index (κ1) is 28.7. The number of hydrogen-bond donors (Lipinski definition) is 4.